The summed E-state index contributed by atoms with van der Waals surface area (Å²) >= 11 is 0. The van der Waals surface area contributed by atoms with Crippen LogP contribution in [-0.4, -0.2) is 40.4 Å². The Morgan fingerprint density at radius 1 is 1.07 bits per heavy atom. The Morgan fingerprint density at radius 2 is 1.74 bits per heavy atom. The van der Waals surface area contributed by atoms with Crippen LogP contribution in [0.25, 0.3) is 5.65 Å². The van der Waals surface area contributed by atoms with E-state index in [0.717, 1.165) is 5.56 Å². The van der Waals surface area contributed by atoms with Gasteiger partial charge in [-0.3, -0.25) is 4.40 Å². The lowest BCUT2D eigenvalue weighted by molar-refractivity contribution is 0.445. The number of aromatic nitrogens is 3. The Kier molecular flexibility index (Phi) is 5.48. The van der Waals surface area contributed by atoms with E-state index in [2.05, 4.69) is 39.8 Å². The monoisotopic (exact) mass is 387 g/mol. The van der Waals surface area contributed by atoms with Crippen molar-refractivity contribution in [3.63, 3.8) is 0 Å². The highest BCUT2D eigenvalue weighted by atomic mass is 32.2. The van der Waals surface area contributed by atoms with Gasteiger partial charge < -0.3 is 5.32 Å². The van der Waals surface area contributed by atoms with Crippen molar-refractivity contribution in [2.45, 2.75) is 38.6 Å². The lowest BCUT2D eigenvalue weighted by Gasteiger charge is -2.18. The van der Waals surface area contributed by atoms with E-state index in [4.69, 9.17) is 0 Å². The molecule has 0 fully saturated rings. The molecule has 1 N–H and O–H groups in total. The molecule has 0 saturated carbocycles. The number of aryl methyl sites for hydroxylation is 1. The molecule has 0 aliphatic rings. The number of hydrogen-bond acceptors (Lipinski definition) is 5. The average molecular weight is 388 g/mol. The third-order valence-electron chi connectivity index (χ3n) is 4.64. The third kappa shape index (κ3) is 3.81. The first-order valence-corrected chi connectivity index (χ1v) is 10.5. The maximum absolute atomic E-state index is 12.8. The van der Waals surface area contributed by atoms with Gasteiger partial charge in [-0.25, -0.2) is 8.42 Å². The molecule has 8 heteroatoms. The maximum atomic E-state index is 12.8. The zero-order valence-corrected chi connectivity index (χ0v) is 16.9. The van der Waals surface area contributed by atoms with Crippen LogP contribution >= 0.6 is 0 Å². The first-order valence-electron chi connectivity index (χ1n) is 9.04. The van der Waals surface area contributed by atoms with Crippen LogP contribution in [0.15, 0.2) is 47.5 Å². The lowest BCUT2D eigenvalue weighted by Crippen LogP contribution is -2.30. The van der Waals surface area contributed by atoms with Gasteiger partial charge in [0.1, 0.15) is 0 Å². The zero-order valence-electron chi connectivity index (χ0n) is 16.0. The molecule has 2 heterocycles. The molecule has 7 nitrogen and oxygen atoms in total. The summed E-state index contributed by atoms with van der Waals surface area (Å²) in [7, 11) is -3.54. The minimum absolute atomic E-state index is 0.000968. The van der Waals surface area contributed by atoms with Gasteiger partial charge in [0.25, 0.3) is 0 Å². The minimum atomic E-state index is -3.54. The Morgan fingerprint density at radius 3 is 2.37 bits per heavy atom. The molecule has 0 aliphatic carbocycles. The van der Waals surface area contributed by atoms with Gasteiger partial charge in [-0.15, -0.1) is 10.2 Å². The molecule has 3 aromatic rings. The average Bonchev–Trinajstić information content (AvgIpc) is 3.05. The molecular weight excluding hydrogens is 362 g/mol. The second-order valence-corrected chi connectivity index (χ2v) is 8.42. The van der Waals surface area contributed by atoms with Crippen LogP contribution in [0.2, 0.25) is 0 Å². The van der Waals surface area contributed by atoms with E-state index in [1.807, 2.05) is 27.7 Å². The van der Waals surface area contributed by atoms with E-state index in [1.54, 1.807) is 22.7 Å². The molecule has 0 bridgehead atoms. The molecule has 144 valence electrons. The van der Waals surface area contributed by atoms with Crippen molar-refractivity contribution in [1.82, 2.24) is 18.9 Å². The quantitative estimate of drug-likeness (QED) is 0.673. The first-order chi connectivity index (χ1) is 12.9. The number of sulfonamides is 1. The van der Waals surface area contributed by atoms with Crippen LogP contribution in [-0.2, 0) is 10.0 Å². The van der Waals surface area contributed by atoms with Crippen LogP contribution in [0.1, 0.15) is 37.9 Å². The maximum Gasteiger partial charge on any atom is 0.244 e. The predicted molar refractivity (Wildman–Crippen MR) is 106 cm³/mol. The van der Waals surface area contributed by atoms with E-state index >= 15 is 0 Å². The van der Waals surface area contributed by atoms with Crippen molar-refractivity contribution in [3.05, 3.63) is 53.7 Å². The van der Waals surface area contributed by atoms with Crippen molar-refractivity contribution in [2.24, 2.45) is 0 Å². The van der Waals surface area contributed by atoms with Crippen LogP contribution < -0.4 is 5.32 Å². The Bertz CT molecular complexity index is 1020. The normalized spacial score (nSPS) is 13.2. The predicted octanol–water partition coefficient (Wildman–Crippen LogP) is 3.24. The number of fused-ring (bicyclic) bond motifs is 1. The molecule has 0 amide bonds. The lowest BCUT2D eigenvalue weighted by atomic mass is 10.1. The fourth-order valence-corrected chi connectivity index (χ4v) is 4.42. The van der Waals surface area contributed by atoms with Crippen molar-refractivity contribution < 1.29 is 8.42 Å². The topological polar surface area (TPSA) is 79.6 Å². The number of pyridine rings is 1. The smallest absolute Gasteiger partial charge is 0.244 e. The summed E-state index contributed by atoms with van der Waals surface area (Å²) in [6.07, 6.45) is 1.58. The van der Waals surface area contributed by atoms with Gasteiger partial charge in [-0.1, -0.05) is 43.7 Å². The summed E-state index contributed by atoms with van der Waals surface area (Å²) in [5, 5.41) is 11.6. The molecule has 1 atom stereocenters. The fourth-order valence-electron chi connectivity index (χ4n) is 2.97. The van der Waals surface area contributed by atoms with Gasteiger partial charge in [-0.05, 0) is 31.5 Å². The van der Waals surface area contributed by atoms with E-state index in [9.17, 15) is 8.42 Å². The fraction of sp³-hybridized carbons (Fsp3) is 0.368. The molecular formula is C19H25N5O2S. The van der Waals surface area contributed by atoms with Gasteiger partial charge in [0, 0.05) is 19.3 Å². The van der Waals surface area contributed by atoms with Crippen molar-refractivity contribution in [1.29, 1.82) is 0 Å². The van der Waals surface area contributed by atoms with E-state index in [1.165, 1.54) is 9.87 Å². The second kappa shape index (κ2) is 7.66. The van der Waals surface area contributed by atoms with Crippen LogP contribution in [0.3, 0.4) is 0 Å². The van der Waals surface area contributed by atoms with Gasteiger partial charge in [0.05, 0.1) is 10.9 Å². The number of anilines is 1. The number of hydrogen-bond donors (Lipinski definition) is 1. The zero-order chi connectivity index (χ0) is 19.6. The largest absolute Gasteiger partial charge is 0.347 e. The third-order valence-corrected chi connectivity index (χ3v) is 6.67. The van der Waals surface area contributed by atoms with E-state index in [0.29, 0.717) is 24.7 Å². The molecule has 0 aliphatic heterocycles. The highest BCUT2D eigenvalue weighted by Gasteiger charge is 2.23. The number of rotatable bonds is 7. The number of nitrogens with zero attached hydrogens (tertiary/aromatic N) is 4. The summed E-state index contributed by atoms with van der Waals surface area (Å²) in [5.41, 5.74) is 2.90. The molecule has 27 heavy (non-hydrogen) atoms. The van der Waals surface area contributed by atoms with E-state index in [-0.39, 0.29) is 10.9 Å². The van der Waals surface area contributed by atoms with Crippen LogP contribution in [0.5, 0.6) is 0 Å². The Balaban J connectivity index is 1.94. The van der Waals surface area contributed by atoms with Crippen LogP contribution in [0.4, 0.5) is 5.95 Å². The molecule has 0 unspecified atom stereocenters. The molecule has 0 spiro atoms. The van der Waals surface area contributed by atoms with Crippen molar-refractivity contribution in [2.75, 3.05) is 18.4 Å². The van der Waals surface area contributed by atoms with Crippen LogP contribution in [0, 0.1) is 6.92 Å². The number of benzene rings is 1. The molecule has 1 aromatic carbocycles. The summed E-state index contributed by atoms with van der Waals surface area (Å²) in [6, 6.07) is 11.5. The molecule has 2 aromatic heterocycles. The Hall–Kier alpha value is -2.45. The number of nitrogens with one attached hydrogen (secondary N) is 1. The van der Waals surface area contributed by atoms with Gasteiger partial charge in [0.2, 0.25) is 16.0 Å². The second-order valence-electron chi connectivity index (χ2n) is 6.48. The SMILES string of the molecule is CCN(CC)S(=O)(=O)c1ccc2nnc(N[C@@H](C)c3ccc(C)cc3)n2c1. The first kappa shape index (κ1) is 19.3. The summed E-state index contributed by atoms with van der Waals surface area (Å²) in [4.78, 5) is 0.226. The summed E-state index contributed by atoms with van der Waals surface area (Å²) in [6.45, 7) is 8.58. The van der Waals surface area contributed by atoms with Crippen molar-refractivity contribution in [3.8, 4) is 0 Å². The van der Waals surface area contributed by atoms with Gasteiger partial charge in [-0.2, -0.15) is 4.31 Å². The minimum Gasteiger partial charge on any atom is -0.347 e. The van der Waals surface area contributed by atoms with Crippen molar-refractivity contribution >= 4 is 21.6 Å². The molecule has 0 radical (unpaired) electrons. The van der Waals surface area contributed by atoms with E-state index < -0.39 is 10.0 Å². The summed E-state index contributed by atoms with van der Waals surface area (Å²) < 4.78 is 28.7. The van der Waals surface area contributed by atoms with Gasteiger partial charge >= 0.3 is 0 Å². The Labute approximate surface area is 160 Å². The summed E-state index contributed by atoms with van der Waals surface area (Å²) in [5.74, 6) is 0.509. The highest BCUT2D eigenvalue weighted by Crippen LogP contribution is 2.22. The van der Waals surface area contributed by atoms with Gasteiger partial charge in [0.15, 0.2) is 5.65 Å². The highest BCUT2D eigenvalue weighted by molar-refractivity contribution is 7.89. The molecule has 0 saturated heterocycles. The molecule has 3 rings (SSSR count). The standard InChI is InChI=1S/C19H25N5O2S/c1-5-23(6-2)27(25,26)17-11-12-18-21-22-19(24(18)13-17)20-15(4)16-9-7-14(3)8-10-16/h7-13,15H,5-6H2,1-4H3,(H,20,22)/t15-/m0/s1.